The Morgan fingerprint density at radius 2 is 1.89 bits per heavy atom. The van der Waals surface area contributed by atoms with Crippen LogP contribution in [-0.4, -0.2) is 28.5 Å². The highest BCUT2D eigenvalue weighted by Crippen LogP contribution is 2.37. The van der Waals surface area contributed by atoms with Gasteiger partial charge in [0.2, 0.25) is 0 Å². The van der Waals surface area contributed by atoms with Gasteiger partial charge < -0.3 is 5.73 Å². The molecule has 1 aromatic heterocycles. The molecule has 1 unspecified atom stereocenters. The van der Waals surface area contributed by atoms with E-state index in [1.165, 1.54) is 31.5 Å². The zero-order valence-electron chi connectivity index (χ0n) is 12.5. The number of hydrogen-bond donors (Lipinski definition) is 1. The standard InChI is InChI=1S/C16H27N3/c1-4-16(5-2,19-10-6-7-11-19)15(17)14-9-8-13(3)18-12-14/h8-9,12,15H,4-7,10-11,17H2,1-3H3. The summed E-state index contributed by atoms with van der Waals surface area (Å²) in [6.07, 6.45) is 6.76. The first-order valence-electron chi connectivity index (χ1n) is 7.57. The molecular weight excluding hydrogens is 234 g/mol. The van der Waals surface area contributed by atoms with Crippen molar-refractivity contribution in [2.24, 2.45) is 5.73 Å². The van der Waals surface area contributed by atoms with Crippen LogP contribution in [0.1, 0.15) is 56.8 Å². The van der Waals surface area contributed by atoms with E-state index in [4.69, 9.17) is 5.73 Å². The SMILES string of the molecule is CCC(CC)(C(N)c1ccc(C)nc1)N1CCCC1. The van der Waals surface area contributed by atoms with Gasteiger partial charge in [-0.1, -0.05) is 19.9 Å². The summed E-state index contributed by atoms with van der Waals surface area (Å²) in [4.78, 5) is 7.02. The van der Waals surface area contributed by atoms with Gasteiger partial charge in [0.15, 0.2) is 0 Å². The maximum atomic E-state index is 6.64. The third-order valence-corrected chi connectivity index (χ3v) is 4.83. The highest BCUT2D eigenvalue weighted by Gasteiger charge is 2.41. The van der Waals surface area contributed by atoms with Crippen LogP contribution in [0.2, 0.25) is 0 Å². The van der Waals surface area contributed by atoms with Gasteiger partial charge in [-0.05, 0) is 57.3 Å². The smallest absolute Gasteiger partial charge is 0.0497 e. The van der Waals surface area contributed by atoms with Gasteiger partial charge in [0, 0.05) is 23.5 Å². The van der Waals surface area contributed by atoms with E-state index < -0.39 is 0 Å². The van der Waals surface area contributed by atoms with Crippen molar-refractivity contribution in [3.63, 3.8) is 0 Å². The fourth-order valence-electron chi connectivity index (χ4n) is 3.47. The second kappa shape index (κ2) is 6.02. The molecule has 1 aliphatic heterocycles. The van der Waals surface area contributed by atoms with E-state index in [0.29, 0.717) is 0 Å². The molecular formula is C16H27N3. The molecule has 3 nitrogen and oxygen atoms in total. The highest BCUT2D eigenvalue weighted by molar-refractivity contribution is 5.22. The molecule has 106 valence electrons. The van der Waals surface area contributed by atoms with Crippen molar-refractivity contribution >= 4 is 0 Å². The molecule has 0 aromatic carbocycles. The average molecular weight is 261 g/mol. The zero-order valence-corrected chi connectivity index (χ0v) is 12.5. The van der Waals surface area contributed by atoms with Gasteiger partial charge in [0.25, 0.3) is 0 Å². The number of aryl methyl sites for hydroxylation is 1. The Labute approximate surface area is 117 Å². The fraction of sp³-hybridized carbons (Fsp3) is 0.688. The summed E-state index contributed by atoms with van der Waals surface area (Å²) in [7, 11) is 0. The van der Waals surface area contributed by atoms with Gasteiger partial charge in [-0.2, -0.15) is 0 Å². The van der Waals surface area contributed by atoms with E-state index in [1.54, 1.807) is 0 Å². The van der Waals surface area contributed by atoms with Crippen molar-refractivity contribution in [2.75, 3.05) is 13.1 Å². The Morgan fingerprint density at radius 1 is 1.26 bits per heavy atom. The van der Waals surface area contributed by atoms with E-state index in [1.807, 2.05) is 13.1 Å². The lowest BCUT2D eigenvalue weighted by Gasteiger charge is -2.45. The molecule has 0 saturated carbocycles. The van der Waals surface area contributed by atoms with E-state index in [2.05, 4.69) is 35.9 Å². The summed E-state index contributed by atoms with van der Waals surface area (Å²) in [5.41, 5.74) is 8.95. The van der Waals surface area contributed by atoms with Crippen LogP contribution in [0.25, 0.3) is 0 Å². The Balaban J connectivity index is 2.29. The van der Waals surface area contributed by atoms with Crippen LogP contribution in [0.15, 0.2) is 18.3 Å². The van der Waals surface area contributed by atoms with Gasteiger partial charge in [0.1, 0.15) is 0 Å². The quantitative estimate of drug-likeness (QED) is 0.886. The molecule has 0 spiro atoms. The Bertz CT molecular complexity index is 389. The van der Waals surface area contributed by atoms with Crippen LogP contribution >= 0.6 is 0 Å². The lowest BCUT2D eigenvalue weighted by Crippen LogP contribution is -2.53. The van der Waals surface area contributed by atoms with Crippen LogP contribution in [0.5, 0.6) is 0 Å². The normalized spacial score (nSPS) is 18.7. The number of nitrogens with zero attached hydrogens (tertiary/aromatic N) is 2. The molecule has 1 aromatic rings. The molecule has 1 saturated heterocycles. The molecule has 2 N–H and O–H groups in total. The van der Waals surface area contributed by atoms with E-state index in [0.717, 1.165) is 18.5 Å². The Kier molecular flexibility index (Phi) is 4.58. The van der Waals surface area contributed by atoms with Crippen LogP contribution in [-0.2, 0) is 0 Å². The molecule has 3 heteroatoms. The molecule has 2 rings (SSSR count). The lowest BCUT2D eigenvalue weighted by molar-refractivity contribution is 0.0765. The number of pyridine rings is 1. The second-order valence-electron chi connectivity index (χ2n) is 5.72. The van der Waals surface area contributed by atoms with E-state index >= 15 is 0 Å². The minimum absolute atomic E-state index is 0.0497. The maximum absolute atomic E-state index is 6.64. The van der Waals surface area contributed by atoms with Gasteiger partial charge in [-0.15, -0.1) is 0 Å². The molecule has 1 aliphatic rings. The van der Waals surface area contributed by atoms with E-state index in [9.17, 15) is 0 Å². The molecule has 0 amide bonds. The third kappa shape index (κ3) is 2.67. The molecule has 1 atom stereocenters. The number of aromatic nitrogens is 1. The molecule has 19 heavy (non-hydrogen) atoms. The molecule has 0 radical (unpaired) electrons. The summed E-state index contributed by atoms with van der Waals surface area (Å²) in [6, 6.07) is 4.26. The summed E-state index contributed by atoms with van der Waals surface area (Å²) in [5, 5.41) is 0. The predicted octanol–water partition coefficient (Wildman–Crippen LogP) is 3.04. The molecule has 1 fully saturated rings. The number of hydrogen-bond acceptors (Lipinski definition) is 3. The van der Waals surface area contributed by atoms with Crippen molar-refractivity contribution in [3.05, 3.63) is 29.6 Å². The number of rotatable bonds is 5. The number of nitrogens with two attached hydrogens (primary N) is 1. The Morgan fingerprint density at radius 3 is 2.37 bits per heavy atom. The van der Waals surface area contributed by atoms with Gasteiger partial charge in [0.05, 0.1) is 0 Å². The Hall–Kier alpha value is -0.930. The summed E-state index contributed by atoms with van der Waals surface area (Å²) in [6.45, 7) is 8.93. The fourth-order valence-corrected chi connectivity index (χ4v) is 3.47. The molecule has 2 heterocycles. The monoisotopic (exact) mass is 261 g/mol. The second-order valence-corrected chi connectivity index (χ2v) is 5.72. The largest absolute Gasteiger partial charge is 0.322 e. The summed E-state index contributed by atoms with van der Waals surface area (Å²) >= 11 is 0. The van der Waals surface area contributed by atoms with Crippen LogP contribution < -0.4 is 5.73 Å². The number of likely N-dealkylation sites (tertiary alicyclic amines) is 1. The topological polar surface area (TPSA) is 42.1 Å². The van der Waals surface area contributed by atoms with Crippen LogP contribution in [0.4, 0.5) is 0 Å². The van der Waals surface area contributed by atoms with Crippen molar-refractivity contribution in [3.8, 4) is 0 Å². The first-order valence-corrected chi connectivity index (χ1v) is 7.57. The maximum Gasteiger partial charge on any atom is 0.0497 e. The highest BCUT2D eigenvalue weighted by atomic mass is 15.2. The third-order valence-electron chi connectivity index (χ3n) is 4.83. The van der Waals surface area contributed by atoms with Crippen LogP contribution in [0, 0.1) is 6.92 Å². The summed E-state index contributed by atoms with van der Waals surface area (Å²) < 4.78 is 0. The first-order chi connectivity index (χ1) is 9.14. The van der Waals surface area contributed by atoms with Crippen molar-refractivity contribution in [1.29, 1.82) is 0 Å². The van der Waals surface area contributed by atoms with Crippen molar-refractivity contribution in [2.45, 2.75) is 58.0 Å². The molecule has 0 aliphatic carbocycles. The zero-order chi connectivity index (χ0) is 13.9. The predicted molar refractivity (Wildman–Crippen MR) is 80.0 cm³/mol. The van der Waals surface area contributed by atoms with Gasteiger partial charge >= 0.3 is 0 Å². The van der Waals surface area contributed by atoms with Crippen LogP contribution in [0.3, 0.4) is 0 Å². The van der Waals surface area contributed by atoms with Gasteiger partial charge in [-0.3, -0.25) is 9.88 Å². The lowest BCUT2D eigenvalue weighted by atomic mass is 9.80. The minimum Gasteiger partial charge on any atom is -0.322 e. The van der Waals surface area contributed by atoms with Crippen molar-refractivity contribution < 1.29 is 0 Å². The van der Waals surface area contributed by atoms with Crippen molar-refractivity contribution in [1.82, 2.24) is 9.88 Å². The van der Waals surface area contributed by atoms with E-state index in [-0.39, 0.29) is 11.6 Å². The minimum atomic E-state index is 0.0497. The van der Waals surface area contributed by atoms with Gasteiger partial charge in [-0.25, -0.2) is 0 Å². The average Bonchev–Trinajstić information content (AvgIpc) is 2.96. The summed E-state index contributed by atoms with van der Waals surface area (Å²) in [5.74, 6) is 0. The first kappa shape index (κ1) is 14.5. The molecule has 0 bridgehead atoms.